The quantitative estimate of drug-likeness (QED) is 0.415. The van der Waals surface area contributed by atoms with Crippen LogP contribution in [0.1, 0.15) is 21.5 Å². The van der Waals surface area contributed by atoms with Crippen molar-refractivity contribution in [2.75, 3.05) is 10.6 Å². The summed E-state index contributed by atoms with van der Waals surface area (Å²) >= 11 is 11.9. The van der Waals surface area contributed by atoms with Crippen LogP contribution in [0.25, 0.3) is 0 Å². The number of nitrogens with one attached hydrogen (secondary N) is 2. The van der Waals surface area contributed by atoms with Gasteiger partial charge in [0.1, 0.15) is 0 Å². The van der Waals surface area contributed by atoms with Gasteiger partial charge in [0, 0.05) is 41.1 Å². The summed E-state index contributed by atoms with van der Waals surface area (Å²) in [7, 11) is 0. The standard InChI is InChI=1S/C22H18Cl2N6O/c23-18-5-1-15(2-6-18)13-26-21-28-22(27-14-16-3-7-19(24)8-4-16)30(29-21)20(31)17-9-11-25-12-10-17/h1-12H,13-14H2,(H2,26,27,28,29). The summed E-state index contributed by atoms with van der Waals surface area (Å²) in [6, 6.07) is 18.1. The van der Waals surface area contributed by atoms with E-state index in [4.69, 9.17) is 23.2 Å². The van der Waals surface area contributed by atoms with Crippen molar-refractivity contribution in [2.24, 2.45) is 0 Å². The molecule has 0 radical (unpaired) electrons. The lowest BCUT2D eigenvalue weighted by atomic mass is 10.2. The maximum absolute atomic E-state index is 13.0. The van der Waals surface area contributed by atoms with Crippen LogP contribution < -0.4 is 10.6 Å². The first-order valence-electron chi connectivity index (χ1n) is 9.47. The molecular weight excluding hydrogens is 435 g/mol. The maximum atomic E-state index is 13.0. The van der Waals surface area contributed by atoms with Crippen LogP contribution in [0.4, 0.5) is 11.9 Å². The van der Waals surface area contributed by atoms with Gasteiger partial charge in [0.2, 0.25) is 11.9 Å². The summed E-state index contributed by atoms with van der Waals surface area (Å²) in [5, 5.41) is 12.0. The number of benzene rings is 2. The molecule has 156 valence electrons. The van der Waals surface area contributed by atoms with E-state index in [1.165, 1.54) is 4.68 Å². The number of anilines is 2. The fraction of sp³-hybridized carbons (Fsp3) is 0.0909. The van der Waals surface area contributed by atoms with Crippen molar-refractivity contribution in [3.05, 3.63) is 99.8 Å². The van der Waals surface area contributed by atoms with E-state index in [9.17, 15) is 4.79 Å². The molecule has 0 saturated carbocycles. The second-order valence-corrected chi connectivity index (χ2v) is 7.54. The molecule has 31 heavy (non-hydrogen) atoms. The zero-order valence-corrected chi connectivity index (χ0v) is 17.8. The van der Waals surface area contributed by atoms with Crippen LogP contribution in [-0.4, -0.2) is 25.7 Å². The molecule has 2 heterocycles. The van der Waals surface area contributed by atoms with E-state index in [-0.39, 0.29) is 5.91 Å². The molecular formula is C22H18Cl2N6O. The summed E-state index contributed by atoms with van der Waals surface area (Å²) < 4.78 is 1.25. The van der Waals surface area contributed by atoms with Gasteiger partial charge in [-0.3, -0.25) is 9.78 Å². The molecule has 0 aliphatic rings. The Balaban J connectivity index is 1.55. The molecule has 0 aliphatic carbocycles. The molecule has 0 fully saturated rings. The highest BCUT2D eigenvalue weighted by atomic mass is 35.5. The van der Waals surface area contributed by atoms with Gasteiger partial charge in [-0.15, -0.1) is 5.10 Å². The summed E-state index contributed by atoms with van der Waals surface area (Å²) in [6.45, 7) is 0.942. The Morgan fingerprint density at radius 2 is 1.35 bits per heavy atom. The zero-order valence-electron chi connectivity index (χ0n) is 16.3. The number of carbonyl (C=O) groups excluding carboxylic acids is 1. The van der Waals surface area contributed by atoms with Crippen molar-refractivity contribution >= 4 is 41.0 Å². The van der Waals surface area contributed by atoms with E-state index in [2.05, 4.69) is 25.7 Å². The molecule has 0 saturated heterocycles. The molecule has 2 N–H and O–H groups in total. The van der Waals surface area contributed by atoms with E-state index in [0.717, 1.165) is 11.1 Å². The van der Waals surface area contributed by atoms with Gasteiger partial charge in [-0.2, -0.15) is 9.67 Å². The number of hydrogen-bond donors (Lipinski definition) is 2. The lowest BCUT2D eigenvalue weighted by molar-refractivity contribution is 0.0947. The Morgan fingerprint density at radius 1 is 0.806 bits per heavy atom. The highest BCUT2D eigenvalue weighted by Gasteiger charge is 2.18. The van der Waals surface area contributed by atoms with E-state index in [1.807, 2.05) is 48.5 Å². The number of aromatic nitrogens is 4. The third-order valence-corrected chi connectivity index (χ3v) is 4.96. The summed E-state index contributed by atoms with van der Waals surface area (Å²) in [6.07, 6.45) is 3.12. The smallest absolute Gasteiger partial charge is 0.281 e. The minimum absolute atomic E-state index is 0.312. The molecule has 0 unspecified atom stereocenters. The zero-order chi connectivity index (χ0) is 21.6. The van der Waals surface area contributed by atoms with Gasteiger partial charge in [0.15, 0.2) is 0 Å². The Hall–Kier alpha value is -3.42. The number of carbonyl (C=O) groups is 1. The second kappa shape index (κ2) is 9.59. The molecule has 0 spiro atoms. The summed E-state index contributed by atoms with van der Waals surface area (Å²) in [5.41, 5.74) is 2.46. The van der Waals surface area contributed by atoms with Gasteiger partial charge in [0.05, 0.1) is 0 Å². The SMILES string of the molecule is O=C(c1ccncc1)n1nc(NCc2ccc(Cl)cc2)nc1NCc1ccc(Cl)cc1. The number of pyridine rings is 1. The molecule has 9 heteroatoms. The van der Waals surface area contributed by atoms with Crippen LogP contribution in [0.5, 0.6) is 0 Å². The molecule has 2 aromatic carbocycles. The van der Waals surface area contributed by atoms with Crippen molar-refractivity contribution in [3.63, 3.8) is 0 Å². The predicted molar refractivity (Wildman–Crippen MR) is 122 cm³/mol. The lowest BCUT2D eigenvalue weighted by Crippen LogP contribution is -2.17. The fourth-order valence-corrected chi connectivity index (χ4v) is 3.08. The summed E-state index contributed by atoms with van der Waals surface area (Å²) in [5.74, 6) is 0.347. The first-order chi connectivity index (χ1) is 15.1. The number of rotatable bonds is 7. The molecule has 0 bridgehead atoms. The molecule has 0 aliphatic heterocycles. The highest BCUT2D eigenvalue weighted by molar-refractivity contribution is 6.30. The van der Waals surface area contributed by atoms with Crippen molar-refractivity contribution in [3.8, 4) is 0 Å². The molecule has 0 amide bonds. The van der Waals surface area contributed by atoms with Crippen LogP contribution in [0.3, 0.4) is 0 Å². The average Bonchev–Trinajstić information content (AvgIpc) is 3.21. The third-order valence-electron chi connectivity index (χ3n) is 4.45. The van der Waals surface area contributed by atoms with Gasteiger partial charge in [-0.05, 0) is 47.5 Å². The van der Waals surface area contributed by atoms with Crippen molar-refractivity contribution in [2.45, 2.75) is 13.1 Å². The number of halogens is 2. The number of nitrogens with zero attached hydrogens (tertiary/aromatic N) is 4. The van der Waals surface area contributed by atoms with Crippen LogP contribution in [0.15, 0.2) is 73.1 Å². The first kappa shape index (κ1) is 20.8. The van der Waals surface area contributed by atoms with Gasteiger partial charge in [0.25, 0.3) is 5.91 Å². The van der Waals surface area contributed by atoms with Gasteiger partial charge < -0.3 is 10.6 Å². The average molecular weight is 453 g/mol. The maximum Gasteiger partial charge on any atom is 0.281 e. The van der Waals surface area contributed by atoms with Crippen molar-refractivity contribution in [1.29, 1.82) is 0 Å². The Morgan fingerprint density at radius 3 is 1.94 bits per heavy atom. The van der Waals surface area contributed by atoms with Gasteiger partial charge >= 0.3 is 0 Å². The number of hydrogen-bond acceptors (Lipinski definition) is 6. The predicted octanol–water partition coefficient (Wildman–Crippen LogP) is 4.89. The monoisotopic (exact) mass is 452 g/mol. The van der Waals surface area contributed by atoms with Gasteiger partial charge in [-0.1, -0.05) is 47.5 Å². The topological polar surface area (TPSA) is 84.7 Å². The fourth-order valence-electron chi connectivity index (χ4n) is 2.83. The Bertz CT molecular complexity index is 1160. The van der Waals surface area contributed by atoms with Crippen molar-refractivity contribution in [1.82, 2.24) is 19.7 Å². The Labute approximate surface area is 189 Å². The van der Waals surface area contributed by atoms with E-state index in [0.29, 0.717) is 40.6 Å². The summed E-state index contributed by atoms with van der Waals surface area (Å²) in [4.78, 5) is 21.4. The van der Waals surface area contributed by atoms with E-state index in [1.54, 1.807) is 24.5 Å². The van der Waals surface area contributed by atoms with Crippen LogP contribution in [0, 0.1) is 0 Å². The minimum Gasteiger partial charge on any atom is -0.350 e. The second-order valence-electron chi connectivity index (χ2n) is 6.67. The molecule has 0 atom stereocenters. The lowest BCUT2D eigenvalue weighted by Gasteiger charge is -2.07. The Kier molecular flexibility index (Phi) is 6.45. The largest absolute Gasteiger partial charge is 0.350 e. The first-order valence-corrected chi connectivity index (χ1v) is 10.2. The normalized spacial score (nSPS) is 10.6. The van der Waals surface area contributed by atoms with Gasteiger partial charge in [-0.25, -0.2) is 0 Å². The molecule has 7 nitrogen and oxygen atoms in total. The van der Waals surface area contributed by atoms with Crippen molar-refractivity contribution < 1.29 is 4.79 Å². The van der Waals surface area contributed by atoms with Crippen LogP contribution in [0.2, 0.25) is 10.0 Å². The van der Waals surface area contributed by atoms with E-state index >= 15 is 0 Å². The van der Waals surface area contributed by atoms with E-state index < -0.39 is 0 Å². The molecule has 4 rings (SSSR count). The molecule has 4 aromatic rings. The molecule has 2 aromatic heterocycles. The highest BCUT2D eigenvalue weighted by Crippen LogP contribution is 2.16. The van der Waals surface area contributed by atoms with Crippen LogP contribution in [-0.2, 0) is 13.1 Å². The van der Waals surface area contributed by atoms with Crippen LogP contribution >= 0.6 is 23.2 Å². The minimum atomic E-state index is -0.312. The third kappa shape index (κ3) is 5.39.